The highest BCUT2D eigenvalue weighted by Gasteiger charge is 2.10. The van der Waals surface area contributed by atoms with E-state index in [4.69, 9.17) is 23.2 Å². The van der Waals surface area contributed by atoms with Crippen molar-refractivity contribution in [2.24, 2.45) is 0 Å². The SMILES string of the molecule is Clc1ccc(Sc2cccc(Br)c2Sc2ccc(Cl)cc2)cc1. The van der Waals surface area contributed by atoms with Gasteiger partial charge in [0.05, 0.1) is 0 Å². The summed E-state index contributed by atoms with van der Waals surface area (Å²) in [5, 5.41) is 1.50. The molecule has 0 fully saturated rings. The Morgan fingerprint density at radius 1 is 0.652 bits per heavy atom. The third-order valence-corrected chi connectivity index (χ3v) is 6.78. The van der Waals surface area contributed by atoms with Crippen LogP contribution >= 0.6 is 62.7 Å². The number of rotatable bonds is 4. The van der Waals surface area contributed by atoms with Crippen LogP contribution in [-0.2, 0) is 0 Å². The van der Waals surface area contributed by atoms with E-state index in [0.717, 1.165) is 24.3 Å². The first-order chi connectivity index (χ1) is 11.1. The molecule has 0 atom stereocenters. The topological polar surface area (TPSA) is 0 Å². The smallest absolute Gasteiger partial charge is 0.0406 e. The summed E-state index contributed by atoms with van der Waals surface area (Å²) in [6.45, 7) is 0. The molecule has 0 radical (unpaired) electrons. The van der Waals surface area contributed by atoms with Crippen LogP contribution in [0.15, 0.2) is 90.8 Å². The second kappa shape index (κ2) is 8.00. The summed E-state index contributed by atoms with van der Waals surface area (Å²) in [6.07, 6.45) is 0. The number of benzene rings is 3. The molecule has 0 nitrogen and oxygen atoms in total. The lowest BCUT2D eigenvalue weighted by Crippen LogP contribution is -1.82. The van der Waals surface area contributed by atoms with Gasteiger partial charge in [0.25, 0.3) is 0 Å². The average molecular weight is 442 g/mol. The van der Waals surface area contributed by atoms with Gasteiger partial charge in [-0.1, -0.05) is 52.8 Å². The summed E-state index contributed by atoms with van der Waals surface area (Å²) in [5.41, 5.74) is 0. The second-order valence-electron chi connectivity index (χ2n) is 4.68. The van der Waals surface area contributed by atoms with E-state index in [2.05, 4.69) is 28.1 Å². The third-order valence-electron chi connectivity index (χ3n) is 3.01. The molecule has 3 aromatic carbocycles. The Morgan fingerprint density at radius 3 is 1.74 bits per heavy atom. The lowest BCUT2D eigenvalue weighted by Gasteiger charge is -2.11. The first-order valence-electron chi connectivity index (χ1n) is 6.77. The van der Waals surface area contributed by atoms with Crippen LogP contribution in [0.4, 0.5) is 0 Å². The summed E-state index contributed by atoms with van der Waals surface area (Å²) in [5.74, 6) is 0. The Morgan fingerprint density at radius 2 is 1.17 bits per heavy atom. The average Bonchev–Trinajstić information content (AvgIpc) is 2.55. The summed E-state index contributed by atoms with van der Waals surface area (Å²) in [4.78, 5) is 4.70. The lowest BCUT2D eigenvalue weighted by atomic mass is 10.4. The van der Waals surface area contributed by atoms with Crippen LogP contribution < -0.4 is 0 Å². The van der Waals surface area contributed by atoms with E-state index in [-0.39, 0.29) is 0 Å². The molecule has 116 valence electrons. The Kier molecular flexibility index (Phi) is 6.00. The molecular weight excluding hydrogens is 431 g/mol. The highest BCUT2D eigenvalue weighted by atomic mass is 79.9. The Balaban J connectivity index is 1.90. The van der Waals surface area contributed by atoms with Crippen molar-refractivity contribution in [3.8, 4) is 0 Å². The molecule has 0 aliphatic heterocycles. The van der Waals surface area contributed by atoms with E-state index in [9.17, 15) is 0 Å². The highest BCUT2D eigenvalue weighted by molar-refractivity contribution is 9.10. The molecule has 0 saturated heterocycles. The van der Waals surface area contributed by atoms with E-state index in [1.807, 2.05) is 54.6 Å². The van der Waals surface area contributed by atoms with E-state index >= 15 is 0 Å². The normalized spacial score (nSPS) is 10.7. The van der Waals surface area contributed by atoms with Crippen LogP contribution in [0.2, 0.25) is 10.0 Å². The summed E-state index contributed by atoms with van der Waals surface area (Å²) >= 11 is 19.0. The Hall–Kier alpha value is -0.580. The maximum Gasteiger partial charge on any atom is 0.0406 e. The van der Waals surface area contributed by atoms with Crippen LogP contribution in [0.1, 0.15) is 0 Å². The zero-order valence-corrected chi connectivity index (χ0v) is 16.5. The molecule has 0 unspecified atom stereocenters. The highest BCUT2D eigenvalue weighted by Crippen LogP contribution is 2.43. The van der Waals surface area contributed by atoms with Crippen molar-refractivity contribution in [2.75, 3.05) is 0 Å². The van der Waals surface area contributed by atoms with Gasteiger partial charge >= 0.3 is 0 Å². The molecule has 3 aromatic rings. The fourth-order valence-corrected chi connectivity index (χ4v) is 4.88. The van der Waals surface area contributed by atoms with Gasteiger partial charge in [0.15, 0.2) is 0 Å². The van der Waals surface area contributed by atoms with Crippen LogP contribution in [0.5, 0.6) is 0 Å². The number of hydrogen-bond acceptors (Lipinski definition) is 2. The lowest BCUT2D eigenvalue weighted by molar-refractivity contribution is 1.20. The molecule has 23 heavy (non-hydrogen) atoms. The molecule has 0 N–H and O–H groups in total. The first-order valence-corrected chi connectivity index (χ1v) is 9.95. The van der Waals surface area contributed by atoms with Gasteiger partial charge in [-0.25, -0.2) is 0 Å². The monoisotopic (exact) mass is 440 g/mol. The van der Waals surface area contributed by atoms with Crippen molar-refractivity contribution in [1.82, 2.24) is 0 Å². The first kappa shape index (κ1) is 17.2. The standard InChI is InChI=1S/C18H11BrCl2S2/c19-16-2-1-3-17(22-14-8-4-12(20)5-9-14)18(16)23-15-10-6-13(21)7-11-15/h1-11H. The maximum atomic E-state index is 5.96. The molecule has 3 rings (SSSR count). The van der Waals surface area contributed by atoms with E-state index in [0.29, 0.717) is 0 Å². The molecular formula is C18H11BrCl2S2. The molecule has 0 bridgehead atoms. The van der Waals surface area contributed by atoms with Gasteiger partial charge in [0.1, 0.15) is 0 Å². The number of hydrogen-bond donors (Lipinski definition) is 0. The quantitative estimate of drug-likeness (QED) is 0.401. The minimum atomic E-state index is 0.747. The van der Waals surface area contributed by atoms with Gasteiger partial charge in [-0.05, 0) is 76.6 Å². The Bertz CT molecular complexity index is 802. The fourth-order valence-electron chi connectivity index (χ4n) is 1.92. The van der Waals surface area contributed by atoms with Gasteiger partial charge in [0.2, 0.25) is 0 Å². The zero-order chi connectivity index (χ0) is 16.2. The third kappa shape index (κ3) is 4.71. The predicted molar refractivity (Wildman–Crippen MR) is 105 cm³/mol. The molecule has 0 spiro atoms. The van der Waals surface area contributed by atoms with E-state index in [1.54, 1.807) is 23.5 Å². The summed E-state index contributed by atoms with van der Waals surface area (Å²) < 4.78 is 1.08. The van der Waals surface area contributed by atoms with Gasteiger partial charge < -0.3 is 0 Å². The molecule has 0 amide bonds. The van der Waals surface area contributed by atoms with Gasteiger partial charge in [-0.15, -0.1) is 0 Å². The van der Waals surface area contributed by atoms with Crippen LogP contribution in [0.3, 0.4) is 0 Å². The van der Waals surface area contributed by atoms with Gasteiger partial charge in [0, 0.05) is 34.1 Å². The minimum Gasteiger partial charge on any atom is -0.0889 e. The van der Waals surface area contributed by atoms with Gasteiger partial charge in [-0.3, -0.25) is 0 Å². The van der Waals surface area contributed by atoms with E-state index in [1.165, 1.54) is 9.79 Å². The minimum absolute atomic E-state index is 0.747. The molecule has 5 heteroatoms. The van der Waals surface area contributed by atoms with Crippen molar-refractivity contribution in [3.63, 3.8) is 0 Å². The van der Waals surface area contributed by atoms with Crippen molar-refractivity contribution < 1.29 is 0 Å². The van der Waals surface area contributed by atoms with E-state index < -0.39 is 0 Å². The summed E-state index contributed by atoms with van der Waals surface area (Å²) in [6, 6.07) is 22.0. The molecule has 0 aliphatic rings. The molecule has 0 saturated carbocycles. The number of halogens is 3. The predicted octanol–water partition coefficient (Wildman–Crippen LogP) is 8.06. The fraction of sp³-hybridized carbons (Fsp3) is 0. The molecule has 0 aromatic heterocycles. The largest absolute Gasteiger partial charge is 0.0889 e. The molecule has 0 aliphatic carbocycles. The second-order valence-corrected chi connectivity index (χ2v) is 8.61. The Labute approximate surface area is 162 Å². The van der Waals surface area contributed by atoms with Crippen molar-refractivity contribution >= 4 is 62.7 Å². The van der Waals surface area contributed by atoms with Crippen LogP contribution in [0, 0.1) is 0 Å². The van der Waals surface area contributed by atoms with Crippen molar-refractivity contribution in [2.45, 2.75) is 19.6 Å². The zero-order valence-electron chi connectivity index (χ0n) is 11.8. The maximum absolute atomic E-state index is 5.96. The van der Waals surface area contributed by atoms with Crippen molar-refractivity contribution in [3.05, 3.63) is 81.2 Å². The summed E-state index contributed by atoms with van der Waals surface area (Å²) in [7, 11) is 0. The van der Waals surface area contributed by atoms with Crippen LogP contribution in [-0.4, -0.2) is 0 Å². The van der Waals surface area contributed by atoms with Crippen LogP contribution in [0.25, 0.3) is 0 Å². The molecule has 0 heterocycles. The van der Waals surface area contributed by atoms with Crippen molar-refractivity contribution in [1.29, 1.82) is 0 Å². The van der Waals surface area contributed by atoms with Gasteiger partial charge in [-0.2, -0.15) is 0 Å².